The van der Waals surface area contributed by atoms with Gasteiger partial charge in [-0.2, -0.15) is 0 Å². The summed E-state index contributed by atoms with van der Waals surface area (Å²) >= 11 is 0. The van der Waals surface area contributed by atoms with Gasteiger partial charge < -0.3 is 0 Å². The molecule has 0 nitrogen and oxygen atoms in total. The van der Waals surface area contributed by atoms with E-state index in [4.69, 9.17) is 0 Å². The number of rotatable bonds is 0. The molecule has 0 N–H and O–H groups in total. The van der Waals surface area contributed by atoms with Crippen LogP contribution in [0.1, 0.15) is 38.8 Å². The van der Waals surface area contributed by atoms with Crippen molar-refractivity contribution in [3.8, 4) is 0 Å². The molecule has 0 radical (unpaired) electrons. The average molecular weight is 238 g/mol. The van der Waals surface area contributed by atoms with Crippen molar-refractivity contribution in [3.63, 3.8) is 0 Å². The van der Waals surface area contributed by atoms with Gasteiger partial charge >= 0.3 is 0 Å². The van der Waals surface area contributed by atoms with Gasteiger partial charge in [-0.05, 0) is 33.8 Å². The molecule has 1 aromatic rings. The Labute approximate surface area is 110 Å². The summed E-state index contributed by atoms with van der Waals surface area (Å²) in [5.41, 5.74) is 3.49. The van der Waals surface area contributed by atoms with Gasteiger partial charge in [0.25, 0.3) is 0 Å². The van der Waals surface area contributed by atoms with E-state index in [1.165, 1.54) is 11.1 Å². The maximum Gasteiger partial charge on any atom is -0.00318 e. The van der Waals surface area contributed by atoms with Gasteiger partial charge in [-0.1, -0.05) is 76.3 Å². The van der Waals surface area contributed by atoms with Crippen molar-refractivity contribution in [1.29, 1.82) is 0 Å². The van der Waals surface area contributed by atoms with E-state index in [0.29, 0.717) is 11.8 Å². The fourth-order valence-electron chi connectivity index (χ4n) is 3.95. The highest BCUT2D eigenvalue weighted by molar-refractivity contribution is 5.46. The molecule has 2 atom stereocenters. The maximum atomic E-state index is 2.41. The first-order valence-electron chi connectivity index (χ1n) is 6.90. The highest BCUT2D eigenvalue weighted by Crippen LogP contribution is 2.54. The topological polar surface area (TPSA) is 0 Å². The molecule has 3 rings (SSSR count). The zero-order chi connectivity index (χ0) is 13.0. The molecule has 2 aliphatic rings. The summed E-state index contributed by atoms with van der Waals surface area (Å²) in [5.74, 6) is 1.21. The Morgan fingerprint density at radius 3 is 1.50 bits per heavy atom. The third kappa shape index (κ3) is 1.38. The van der Waals surface area contributed by atoms with Gasteiger partial charge in [0.15, 0.2) is 0 Å². The zero-order valence-electron chi connectivity index (χ0n) is 11.8. The van der Waals surface area contributed by atoms with E-state index < -0.39 is 0 Å². The van der Waals surface area contributed by atoms with Crippen LogP contribution < -0.4 is 0 Å². The molecule has 0 aliphatic heterocycles. The van der Waals surface area contributed by atoms with Gasteiger partial charge in [0.1, 0.15) is 0 Å². The maximum absolute atomic E-state index is 2.41. The summed E-state index contributed by atoms with van der Waals surface area (Å²) in [5, 5.41) is 0. The van der Waals surface area contributed by atoms with Crippen molar-refractivity contribution in [2.24, 2.45) is 11.8 Å². The van der Waals surface area contributed by atoms with Crippen molar-refractivity contribution >= 4 is 0 Å². The lowest BCUT2D eigenvalue weighted by atomic mass is 9.51. The summed E-state index contributed by atoms with van der Waals surface area (Å²) in [7, 11) is 0. The predicted octanol–water partition coefficient (Wildman–Crippen LogP) is 4.61. The molecule has 18 heavy (non-hydrogen) atoms. The van der Waals surface area contributed by atoms with E-state index in [-0.39, 0.29) is 10.8 Å². The minimum absolute atomic E-state index is 0.220. The second-order valence-electron chi connectivity index (χ2n) is 6.81. The molecule has 2 aliphatic carbocycles. The summed E-state index contributed by atoms with van der Waals surface area (Å²) in [6, 6.07) is 9.00. The lowest BCUT2D eigenvalue weighted by Crippen LogP contribution is -2.48. The fraction of sp³-hybridized carbons (Fsp3) is 0.444. The Balaban J connectivity index is 2.28. The smallest absolute Gasteiger partial charge is 0.00318 e. The monoisotopic (exact) mass is 238 g/mol. The van der Waals surface area contributed by atoms with Crippen molar-refractivity contribution in [2.75, 3.05) is 0 Å². The van der Waals surface area contributed by atoms with E-state index >= 15 is 0 Å². The highest BCUT2D eigenvalue weighted by atomic mass is 14.5. The molecule has 1 aromatic carbocycles. The largest absolute Gasteiger partial charge is 0.0799 e. The van der Waals surface area contributed by atoms with Gasteiger partial charge in [0, 0.05) is 0 Å². The Kier molecular flexibility index (Phi) is 2.35. The molecule has 0 amide bonds. The van der Waals surface area contributed by atoms with Gasteiger partial charge in [0.05, 0.1) is 0 Å². The zero-order valence-corrected chi connectivity index (χ0v) is 11.8. The van der Waals surface area contributed by atoms with E-state index in [9.17, 15) is 0 Å². The lowest BCUT2D eigenvalue weighted by Gasteiger charge is -2.52. The Morgan fingerprint density at radius 1 is 0.722 bits per heavy atom. The SMILES string of the molecule is CC1(C)c2ccccc2C(C)(C)C2C=CC=CC21. The molecular weight excluding hydrogens is 216 g/mol. The van der Waals surface area contributed by atoms with Crippen LogP contribution >= 0.6 is 0 Å². The lowest BCUT2D eigenvalue weighted by molar-refractivity contribution is 0.190. The van der Waals surface area contributed by atoms with E-state index in [1.54, 1.807) is 0 Å². The van der Waals surface area contributed by atoms with Crippen LogP contribution in [0.3, 0.4) is 0 Å². The van der Waals surface area contributed by atoms with Crippen LogP contribution in [0.4, 0.5) is 0 Å². The van der Waals surface area contributed by atoms with Crippen LogP contribution in [0.5, 0.6) is 0 Å². The normalized spacial score (nSPS) is 30.7. The van der Waals surface area contributed by atoms with Crippen LogP contribution in [0.15, 0.2) is 48.6 Å². The van der Waals surface area contributed by atoms with Gasteiger partial charge in [-0.15, -0.1) is 0 Å². The van der Waals surface area contributed by atoms with Crippen molar-refractivity contribution < 1.29 is 0 Å². The molecule has 0 saturated heterocycles. The standard InChI is InChI=1S/C18H22/c1-17(2)13-9-5-7-11-15(13)18(3,4)16-12-8-6-10-14(16)17/h5-13,15H,1-4H3. The van der Waals surface area contributed by atoms with Crippen LogP contribution in [-0.4, -0.2) is 0 Å². The van der Waals surface area contributed by atoms with Crippen LogP contribution in [0.25, 0.3) is 0 Å². The minimum Gasteiger partial charge on any atom is -0.0799 e. The fourth-order valence-corrected chi connectivity index (χ4v) is 3.95. The molecule has 0 aromatic heterocycles. The second-order valence-corrected chi connectivity index (χ2v) is 6.81. The first-order chi connectivity index (χ1) is 8.45. The van der Waals surface area contributed by atoms with Crippen LogP contribution in [0, 0.1) is 11.8 Å². The highest BCUT2D eigenvalue weighted by Gasteiger charge is 2.49. The first kappa shape index (κ1) is 11.8. The number of hydrogen-bond donors (Lipinski definition) is 0. The molecule has 2 unspecified atom stereocenters. The Morgan fingerprint density at radius 2 is 1.11 bits per heavy atom. The molecule has 0 spiro atoms. The summed E-state index contributed by atoms with van der Waals surface area (Å²) in [4.78, 5) is 0. The molecular formula is C18H22. The summed E-state index contributed by atoms with van der Waals surface area (Å²) < 4.78 is 0. The average Bonchev–Trinajstić information content (AvgIpc) is 2.37. The van der Waals surface area contributed by atoms with Crippen LogP contribution in [0.2, 0.25) is 0 Å². The quantitative estimate of drug-likeness (QED) is 0.619. The van der Waals surface area contributed by atoms with E-state index in [0.717, 1.165) is 0 Å². The third-order valence-electron chi connectivity index (χ3n) is 5.12. The van der Waals surface area contributed by atoms with Gasteiger partial charge in [0.2, 0.25) is 0 Å². The second kappa shape index (κ2) is 3.60. The van der Waals surface area contributed by atoms with E-state index in [2.05, 4.69) is 76.3 Å². The Hall–Kier alpha value is -1.30. The van der Waals surface area contributed by atoms with Crippen molar-refractivity contribution in [1.82, 2.24) is 0 Å². The first-order valence-corrected chi connectivity index (χ1v) is 6.90. The van der Waals surface area contributed by atoms with Gasteiger partial charge in [-0.3, -0.25) is 0 Å². The molecule has 0 heterocycles. The third-order valence-corrected chi connectivity index (χ3v) is 5.12. The van der Waals surface area contributed by atoms with Gasteiger partial charge in [-0.25, -0.2) is 0 Å². The van der Waals surface area contributed by atoms with Crippen LogP contribution in [-0.2, 0) is 10.8 Å². The summed E-state index contributed by atoms with van der Waals surface area (Å²) in [6.45, 7) is 9.56. The molecule has 0 saturated carbocycles. The molecule has 94 valence electrons. The Bertz CT molecular complexity index is 480. The van der Waals surface area contributed by atoms with Crippen molar-refractivity contribution in [3.05, 3.63) is 59.7 Å². The van der Waals surface area contributed by atoms with Crippen molar-refractivity contribution in [2.45, 2.75) is 38.5 Å². The molecule has 0 heteroatoms. The predicted molar refractivity (Wildman–Crippen MR) is 77.8 cm³/mol. The number of fused-ring (bicyclic) bond motifs is 2. The number of allylic oxidation sites excluding steroid dienone is 4. The number of hydrogen-bond acceptors (Lipinski definition) is 0. The molecule has 0 bridgehead atoms. The van der Waals surface area contributed by atoms with E-state index in [1.807, 2.05) is 0 Å². The summed E-state index contributed by atoms with van der Waals surface area (Å²) in [6.07, 6.45) is 9.24. The molecule has 0 fully saturated rings. The number of benzene rings is 1. The minimum atomic E-state index is 0.220.